The lowest BCUT2D eigenvalue weighted by atomic mass is 9.95. The quantitative estimate of drug-likeness (QED) is 0.133. The number of carboxylic acid groups (broad SMARTS) is 2. The molecular weight excluding hydrogens is 432 g/mol. The van der Waals surface area contributed by atoms with Crippen LogP contribution in [0.1, 0.15) is 156 Å². The smallest absolute Gasteiger partial charge is 0.319 e. The predicted molar refractivity (Wildman–Crippen MR) is 143 cm³/mol. The molecule has 0 rings (SSSR count). The lowest BCUT2D eigenvalue weighted by molar-refractivity contribution is -0.140. The third kappa shape index (κ3) is 13.1. The van der Waals surface area contributed by atoms with E-state index in [0.717, 1.165) is 38.5 Å². The summed E-state index contributed by atoms with van der Waals surface area (Å²) in [6, 6.07) is 0. The first-order valence-corrected chi connectivity index (χ1v) is 14.8. The Hall–Kier alpha value is -0.710. The van der Waals surface area contributed by atoms with Gasteiger partial charge in [-0.15, -0.1) is 11.8 Å². The van der Waals surface area contributed by atoms with Crippen LogP contribution in [-0.2, 0) is 9.59 Å². The minimum Gasteiger partial charge on any atom is -0.480 e. The van der Waals surface area contributed by atoms with Crippen molar-refractivity contribution in [2.45, 2.75) is 166 Å². The summed E-state index contributed by atoms with van der Waals surface area (Å²) in [4.78, 5) is 24.8. The van der Waals surface area contributed by atoms with E-state index in [9.17, 15) is 19.8 Å². The first-order valence-electron chi connectivity index (χ1n) is 14.0. The highest BCUT2D eigenvalue weighted by molar-refractivity contribution is 8.03. The molecule has 0 amide bonds. The molecule has 0 saturated carbocycles. The van der Waals surface area contributed by atoms with Crippen LogP contribution in [0.25, 0.3) is 0 Å². The van der Waals surface area contributed by atoms with Crippen LogP contribution in [0.5, 0.6) is 0 Å². The van der Waals surface area contributed by atoms with E-state index >= 15 is 0 Å². The van der Waals surface area contributed by atoms with Gasteiger partial charge in [0, 0.05) is 0 Å². The third-order valence-corrected chi connectivity index (χ3v) is 9.30. The number of thioether (sulfide) groups is 1. The van der Waals surface area contributed by atoms with Gasteiger partial charge in [0.15, 0.2) is 0 Å². The van der Waals surface area contributed by atoms with E-state index in [1.807, 2.05) is 13.8 Å². The topological polar surface area (TPSA) is 74.6 Å². The Bertz CT molecular complexity index is 466. The molecule has 2 atom stereocenters. The van der Waals surface area contributed by atoms with Gasteiger partial charge in [0.2, 0.25) is 0 Å². The highest BCUT2D eigenvalue weighted by Crippen LogP contribution is 2.47. The van der Waals surface area contributed by atoms with Crippen molar-refractivity contribution in [2.24, 2.45) is 0 Å². The fraction of sp³-hybridized carbons (Fsp3) is 0.929. The lowest BCUT2D eigenvalue weighted by Crippen LogP contribution is -2.45. The number of hydrogen-bond acceptors (Lipinski definition) is 3. The Morgan fingerprint density at radius 2 is 0.788 bits per heavy atom. The minimum absolute atomic E-state index is 0.468. The highest BCUT2D eigenvalue weighted by Gasteiger charge is 2.48. The second-order valence-electron chi connectivity index (χ2n) is 9.86. The first kappa shape index (κ1) is 32.3. The van der Waals surface area contributed by atoms with Crippen molar-refractivity contribution in [3.63, 3.8) is 0 Å². The van der Waals surface area contributed by atoms with Crippen molar-refractivity contribution in [1.29, 1.82) is 0 Å². The van der Waals surface area contributed by atoms with Gasteiger partial charge < -0.3 is 10.2 Å². The third-order valence-electron chi connectivity index (χ3n) is 7.18. The van der Waals surface area contributed by atoms with E-state index < -0.39 is 21.4 Å². The number of rotatable bonds is 24. The number of unbranched alkanes of at least 4 members (excludes halogenated alkanes) is 14. The molecule has 0 saturated heterocycles. The van der Waals surface area contributed by atoms with E-state index in [4.69, 9.17) is 0 Å². The van der Waals surface area contributed by atoms with E-state index in [-0.39, 0.29) is 0 Å². The van der Waals surface area contributed by atoms with Crippen LogP contribution in [0.4, 0.5) is 0 Å². The van der Waals surface area contributed by atoms with Crippen LogP contribution >= 0.6 is 11.8 Å². The maximum atomic E-state index is 12.4. The molecule has 0 aliphatic heterocycles. The van der Waals surface area contributed by atoms with Gasteiger partial charge in [-0.3, -0.25) is 9.59 Å². The summed E-state index contributed by atoms with van der Waals surface area (Å²) in [5.74, 6) is -1.68. The molecule has 5 heteroatoms. The molecule has 0 aliphatic rings. The second kappa shape index (κ2) is 19.6. The second-order valence-corrected chi connectivity index (χ2v) is 11.6. The molecule has 196 valence electrons. The van der Waals surface area contributed by atoms with Gasteiger partial charge in [0.05, 0.1) is 0 Å². The summed E-state index contributed by atoms with van der Waals surface area (Å²) < 4.78 is -2.01. The van der Waals surface area contributed by atoms with Crippen LogP contribution in [0.15, 0.2) is 0 Å². The van der Waals surface area contributed by atoms with Gasteiger partial charge in [-0.1, -0.05) is 130 Å². The van der Waals surface area contributed by atoms with Crippen LogP contribution < -0.4 is 0 Å². The summed E-state index contributed by atoms with van der Waals surface area (Å²) in [5, 5.41) is 20.3. The van der Waals surface area contributed by atoms with Crippen molar-refractivity contribution >= 4 is 23.7 Å². The van der Waals surface area contributed by atoms with Crippen LogP contribution in [0.2, 0.25) is 0 Å². The first-order chi connectivity index (χ1) is 15.8. The van der Waals surface area contributed by atoms with E-state index in [0.29, 0.717) is 25.7 Å². The number of carboxylic acids is 2. The molecule has 2 N–H and O–H groups in total. The molecule has 0 radical (unpaired) electrons. The van der Waals surface area contributed by atoms with E-state index in [1.165, 1.54) is 76.0 Å². The van der Waals surface area contributed by atoms with Crippen molar-refractivity contribution in [2.75, 3.05) is 0 Å². The van der Waals surface area contributed by atoms with Crippen LogP contribution in [0.3, 0.4) is 0 Å². The zero-order valence-electron chi connectivity index (χ0n) is 22.3. The molecule has 2 unspecified atom stereocenters. The van der Waals surface area contributed by atoms with E-state index in [2.05, 4.69) is 13.8 Å². The molecule has 0 aliphatic carbocycles. The zero-order chi connectivity index (χ0) is 25.0. The highest BCUT2D eigenvalue weighted by atomic mass is 32.2. The molecule has 0 aromatic heterocycles. The van der Waals surface area contributed by atoms with Gasteiger partial charge in [0.1, 0.15) is 9.49 Å². The SMILES string of the molecule is CCCCCCCCCCC(CC)(SC(CC)(CCCCCCCCCC)C(=O)O)C(=O)O. The summed E-state index contributed by atoms with van der Waals surface area (Å²) in [6.45, 7) is 8.25. The van der Waals surface area contributed by atoms with Gasteiger partial charge in [-0.25, -0.2) is 0 Å². The normalized spacial score (nSPS) is 15.2. The Labute approximate surface area is 209 Å². The molecule has 0 aromatic rings. The monoisotopic (exact) mass is 486 g/mol. The molecule has 33 heavy (non-hydrogen) atoms. The molecule has 0 fully saturated rings. The Morgan fingerprint density at radius 1 is 0.515 bits per heavy atom. The van der Waals surface area contributed by atoms with Crippen molar-refractivity contribution in [1.82, 2.24) is 0 Å². The number of carbonyl (C=O) groups is 2. The Balaban J connectivity index is 4.84. The summed E-state index contributed by atoms with van der Waals surface area (Å²) in [5.41, 5.74) is 0. The van der Waals surface area contributed by atoms with Gasteiger partial charge in [-0.2, -0.15) is 0 Å². The summed E-state index contributed by atoms with van der Waals surface area (Å²) in [7, 11) is 0. The van der Waals surface area contributed by atoms with Gasteiger partial charge in [0.25, 0.3) is 0 Å². The molecule has 0 bridgehead atoms. The lowest BCUT2D eigenvalue weighted by Gasteiger charge is -2.37. The maximum Gasteiger partial charge on any atom is 0.319 e. The predicted octanol–water partition coefficient (Wildman–Crippen LogP) is 9.25. The molecule has 0 heterocycles. The van der Waals surface area contributed by atoms with Crippen LogP contribution in [-0.4, -0.2) is 31.6 Å². The molecule has 4 nitrogen and oxygen atoms in total. The maximum absolute atomic E-state index is 12.4. The summed E-state index contributed by atoms with van der Waals surface area (Å²) in [6.07, 6.45) is 20.7. The van der Waals surface area contributed by atoms with Gasteiger partial charge in [-0.05, 0) is 25.7 Å². The number of aliphatic carboxylic acids is 2. The molecule has 0 aromatic carbocycles. The molecular formula is C28H54O4S. The standard InChI is InChI=1S/C28H54O4S/c1-5-9-11-13-15-17-19-21-23-27(7-3,25(29)30)33-28(8-4,26(31)32)24-22-20-18-16-14-12-10-6-2/h5-24H2,1-4H3,(H,29,30)(H,31,32). The van der Waals surface area contributed by atoms with E-state index in [1.54, 1.807) is 0 Å². The largest absolute Gasteiger partial charge is 0.480 e. The average Bonchev–Trinajstić information content (AvgIpc) is 2.80. The van der Waals surface area contributed by atoms with Crippen molar-refractivity contribution < 1.29 is 19.8 Å². The molecule has 0 spiro atoms. The van der Waals surface area contributed by atoms with Crippen molar-refractivity contribution in [3.05, 3.63) is 0 Å². The summed E-state index contributed by atoms with van der Waals surface area (Å²) >= 11 is 1.25. The minimum atomic E-state index is -1.00. The number of hydrogen-bond donors (Lipinski definition) is 2. The fourth-order valence-electron chi connectivity index (χ4n) is 4.67. The Kier molecular flexibility index (Phi) is 19.2. The van der Waals surface area contributed by atoms with Crippen LogP contribution in [0, 0.1) is 0 Å². The fourth-order valence-corrected chi connectivity index (χ4v) is 6.37. The van der Waals surface area contributed by atoms with Crippen molar-refractivity contribution in [3.8, 4) is 0 Å². The zero-order valence-corrected chi connectivity index (χ0v) is 23.1. The average molecular weight is 487 g/mol. The Morgan fingerprint density at radius 3 is 1.03 bits per heavy atom. The van der Waals surface area contributed by atoms with Gasteiger partial charge >= 0.3 is 11.9 Å².